The number of hydrogen-bond donors (Lipinski definition) is 2. The van der Waals surface area contributed by atoms with Crippen LogP contribution >= 0.6 is 0 Å². The van der Waals surface area contributed by atoms with E-state index in [1.54, 1.807) is 12.1 Å². The van der Waals surface area contributed by atoms with Crippen LogP contribution in [0.2, 0.25) is 0 Å². The molecule has 21 heavy (non-hydrogen) atoms. The molecule has 0 saturated heterocycles. The summed E-state index contributed by atoms with van der Waals surface area (Å²) in [4.78, 5) is 11.7. The Morgan fingerprint density at radius 2 is 2.10 bits per heavy atom. The summed E-state index contributed by atoms with van der Waals surface area (Å²) in [5.41, 5.74) is -0.819. The SMILES string of the molecule is CC1CCC(O)(CNC(=O)COc2ccccc2F)CC1. The first-order valence-electron chi connectivity index (χ1n) is 7.35. The zero-order valence-electron chi connectivity index (χ0n) is 12.3. The van der Waals surface area contributed by atoms with E-state index in [9.17, 15) is 14.3 Å². The third-order valence-corrected chi connectivity index (χ3v) is 4.02. The average Bonchev–Trinajstić information content (AvgIpc) is 2.48. The Kier molecular flexibility index (Phi) is 5.17. The van der Waals surface area contributed by atoms with Crippen molar-refractivity contribution in [3.05, 3.63) is 30.1 Å². The molecule has 0 heterocycles. The number of halogens is 1. The topological polar surface area (TPSA) is 58.6 Å². The number of ether oxygens (including phenoxy) is 1. The summed E-state index contributed by atoms with van der Waals surface area (Å²) < 4.78 is 18.4. The van der Waals surface area contributed by atoms with Gasteiger partial charge in [-0.05, 0) is 43.7 Å². The zero-order valence-corrected chi connectivity index (χ0v) is 12.3. The number of aliphatic hydroxyl groups is 1. The Morgan fingerprint density at radius 3 is 2.76 bits per heavy atom. The van der Waals surface area contributed by atoms with Crippen LogP contribution in [0.15, 0.2) is 24.3 Å². The second-order valence-corrected chi connectivity index (χ2v) is 5.90. The molecule has 5 heteroatoms. The van der Waals surface area contributed by atoms with Crippen molar-refractivity contribution < 1.29 is 19.0 Å². The van der Waals surface area contributed by atoms with Gasteiger partial charge in [0.2, 0.25) is 0 Å². The molecule has 1 aromatic carbocycles. The highest BCUT2D eigenvalue weighted by Gasteiger charge is 2.31. The van der Waals surface area contributed by atoms with Gasteiger partial charge >= 0.3 is 0 Å². The quantitative estimate of drug-likeness (QED) is 0.876. The van der Waals surface area contributed by atoms with Gasteiger partial charge in [-0.25, -0.2) is 4.39 Å². The Morgan fingerprint density at radius 1 is 1.43 bits per heavy atom. The van der Waals surface area contributed by atoms with Crippen molar-refractivity contribution in [3.8, 4) is 5.75 Å². The second kappa shape index (κ2) is 6.89. The van der Waals surface area contributed by atoms with Crippen molar-refractivity contribution in [1.29, 1.82) is 0 Å². The predicted octanol–water partition coefficient (Wildman–Crippen LogP) is 2.26. The number of rotatable bonds is 5. The first-order valence-corrected chi connectivity index (χ1v) is 7.35. The molecule has 0 aromatic heterocycles. The number of benzene rings is 1. The van der Waals surface area contributed by atoms with Gasteiger partial charge in [-0.1, -0.05) is 19.1 Å². The number of carbonyl (C=O) groups is 1. The molecule has 0 unspecified atom stereocenters. The minimum absolute atomic E-state index is 0.0536. The standard InChI is InChI=1S/C16H22FNO3/c1-12-6-8-16(20,9-7-12)11-18-15(19)10-21-14-5-3-2-4-13(14)17/h2-5,12,20H,6-11H2,1H3,(H,18,19). The monoisotopic (exact) mass is 295 g/mol. The highest BCUT2D eigenvalue weighted by Crippen LogP contribution is 2.31. The molecule has 1 fully saturated rings. The third kappa shape index (κ3) is 4.70. The van der Waals surface area contributed by atoms with Crippen molar-refractivity contribution in [3.63, 3.8) is 0 Å². The summed E-state index contributed by atoms with van der Waals surface area (Å²) in [5, 5.41) is 13.0. The van der Waals surface area contributed by atoms with Gasteiger partial charge in [0.25, 0.3) is 5.91 Å². The van der Waals surface area contributed by atoms with Crippen LogP contribution in [0.5, 0.6) is 5.75 Å². The number of amides is 1. The molecule has 0 aliphatic heterocycles. The molecule has 116 valence electrons. The summed E-state index contributed by atoms with van der Waals surface area (Å²) in [5.74, 6) is -0.168. The maximum absolute atomic E-state index is 13.3. The van der Waals surface area contributed by atoms with Gasteiger partial charge in [0, 0.05) is 6.54 Å². The predicted molar refractivity (Wildman–Crippen MR) is 77.5 cm³/mol. The molecule has 0 spiro atoms. The van der Waals surface area contributed by atoms with Crippen molar-refractivity contribution in [2.45, 2.75) is 38.2 Å². The largest absolute Gasteiger partial charge is 0.481 e. The molecule has 1 aromatic rings. The normalized spacial score (nSPS) is 25.4. The fourth-order valence-electron chi connectivity index (χ4n) is 2.50. The summed E-state index contributed by atoms with van der Waals surface area (Å²) in [6.45, 7) is 2.13. The zero-order chi connectivity index (χ0) is 15.3. The third-order valence-electron chi connectivity index (χ3n) is 4.02. The van der Waals surface area contributed by atoms with Gasteiger partial charge in [0.1, 0.15) is 0 Å². The number of hydrogen-bond acceptors (Lipinski definition) is 3. The van der Waals surface area contributed by atoms with Crippen LogP contribution in [0.1, 0.15) is 32.6 Å². The van der Waals surface area contributed by atoms with Crippen LogP contribution in [-0.4, -0.2) is 29.8 Å². The van der Waals surface area contributed by atoms with Crippen LogP contribution in [0.3, 0.4) is 0 Å². The first kappa shape index (κ1) is 15.8. The van der Waals surface area contributed by atoms with Crippen molar-refractivity contribution in [2.75, 3.05) is 13.2 Å². The molecule has 0 bridgehead atoms. The lowest BCUT2D eigenvalue weighted by molar-refractivity contribution is -0.124. The van der Waals surface area contributed by atoms with Crippen molar-refractivity contribution in [2.24, 2.45) is 5.92 Å². The summed E-state index contributed by atoms with van der Waals surface area (Å²) >= 11 is 0. The molecule has 2 rings (SSSR count). The van der Waals surface area contributed by atoms with E-state index >= 15 is 0 Å². The van der Waals surface area contributed by atoms with Crippen molar-refractivity contribution in [1.82, 2.24) is 5.32 Å². The molecular formula is C16H22FNO3. The maximum Gasteiger partial charge on any atom is 0.258 e. The van der Waals surface area contributed by atoms with E-state index in [-0.39, 0.29) is 24.8 Å². The van der Waals surface area contributed by atoms with Gasteiger partial charge in [0.05, 0.1) is 5.60 Å². The minimum Gasteiger partial charge on any atom is -0.481 e. The van der Waals surface area contributed by atoms with E-state index < -0.39 is 11.4 Å². The summed E-state index contributed by atoms with van der Waals surface area (Å²) in [6.07, 6.45) is 3.33. The van der Waals surface area contributed by atoms with E-state index in [1.165, 1.54) is 12.1 Å². The highest BCUT2D eigenvalue weighted by atomic mass is 19.1. The Labute approximate surface area is 124 Å². The molecule has 1 saturated carbocycles. The lowest BCUT2D eigenvalue weighted by atomic mass is 9.79. The number of carbonyl (C=O) groups excluding carboxylic acids is 1. The van der Waals surface area contributed by atoms with Crippen LogP contribution in [-0.2, 0) is 4.79 Å². The van der Waals surface area contributed by atoms with E-state index in [0.717, 1.165) is 12.8 Å². The van der Waals surface area contributed by atoms with Crippen LogP contribution < -0.4 is 10.1 Å². The summed E-state index contributed by atoms with van der Waals surface area (Å²) in [6, 6.07) is 5.95. The molecule has 1 aliphatic rings. The lowest BCUT2D eigenvalue weighted by Gasteiger charge is -2.34. The Hall–Kier alpha value is -1.62. The molecule has 1 amide bonds. The van der Waals surface area contributed by atoms with Gasteiger partial charge in [-0.15, -0.1) is 0 Å². The van der Waals surface area contributed by atoms with E-state index in [1.807, 2.05) is 0 Å². The fraction of sp³-hybridized carbons (Fsp3) is 0.562. The van der Waals surface area contributed by atoms with Crippen LogP contribution in [0.25, 0.3) is 0 Å². The fourth-order valence-corrected chi connectivity index (χ4v) is 2.50. The minimum atomic E-state index is -0.819. The van der Waals surface area contributed by atoms with Crippen LogP contribution in [0, 0.1) is 11.7 Å². The molecular weight excluding hydrogens is 273 g/mol. The van der Waals surface area contributed by atoms with Gasteiger partial charge in [-0.2, -0.15) is 0 Å². The average molecular weight is 295 g/mol. The maximum atomic E-state index is 13.3. The molecule has 0 atom stereocenters. The van der Waals surface area contributed by atoms with Crippen LogP contribution in [0.4, 0.5) is 4.39 Å². The van der Waals surface area contributed by atoms with E-state index in [2.05, 4.69) is 12.2 Å². The first-order chi connectivity index (χ1) is 9.98. The van der Waals surface area contributed by atoms with Gasteiger partial charge in [-0.3, -0.25) is 4.79 Å². The van der Waals surface area contributed by atoms with Gasteiger partial charge < -0.3 is 15.2 Å². The number of nitrogens with one attached hydrogen (secondary N) is 1. The molecule has 1 aliphatic carbocycles. The molecule has 0 radical (unpaired) electrons. The molecule has 4 nitrogen and oxygen atoms in total. The summed E-state index contributed by atoms with van der Waals surface area (Å²) in [7, 11) is 0. The Balaban J connectivity index is 1.74. The van der Waals surface area contributed by atoms with Gasteiger partial charge in [0.15, 0.2) is 18.2 Å². The van der Waals surface area contributed by atoms with E-state index in [0.29, 0.717) is 18.8 Å². The number of para-hydroxylation sites is 1. The Bertz CT molecular complexity index is 484. The molecule has 2 N–H and O–H groups in total. The van der Waals surface area contributed by atoms with E-state index in [4.69, 9.17) is 4.74 Å². The smallest absolute Gasteiger partial charge is 0.258 e. The second-order valence-electron chi connectivity index (χ2n) is 5.90. The highest BCUT2D eigenvalue weighted by molar-refractivity contribution is 5.77. The van der Waals surface area contributed by atoms with Crippen molar-refractivity contribution >= 4 is 5.91 Å². The lowest BCUT2D eigenvalue weighted by Crippen LogP contribution is -2.46.